The first-order valence-electron chi connectivity index (χ1n) is 10.6. The van der Waals surface area contributed by atoms with Crippen molar-refractivity contribution in [1.82, 2.24) is 14.5 Å². The fraction of sp³-hybridized carbons (Fsp3) is 0.714. The molecule has 4 rings (SSSR count). The summed E-state index contributed by atoms with van der Waals surface area (Å²) in [4.78, 5) is 8.28. The normalized spacial score (nSPS) is 31.0. The summed E-state index contributed by atoms with van der Waals surface area (Å²) in [5, 5.41) is 22.0. The minimum absolute atomic E-state index is 0.300. The summed E-state index contributed by atoms with van der Waals surface area (Å²) in [7, 11) is 0. The van der Waals surface area contributed by atoms with Crippen LogP contribution in [0.4, 0.5) is 5.82 Å². The van der Waals surface area contributed by atoms with Gasteiger partial charge < -0.3 is 25.3 Å². The Morgan fingerprint density at radius 3 is 2.61 bits per heavy atom. The van der Waals surface area contributed by atoms with Gasteiger partial charge in [0.25, 0.3) is 0 Å². The Morgan fingerprint density at radius 1 is 1.14 bits per heavy atom. The molecule has 2 aromatic rings. The topological polar surface area (TPSA) is 106 Å². The molecule has 28 heavy (non-hydrogen) atoms. The molecular formula is C21H32N4O3. The molecule has 2 aliphatic rings. The molecule has 1 saturated heterocycles. The first-order valence-corrected chi connectivity index (χ1v) is 10.6. The van der Waals surface area contributed by atoms with Gasteiger partial charge in [-0.25, -0.2) is 9.97 Å². The van der Waals surface area contributed by atoms with Gasteiger partial charge >= 0.3 is 0 Å². The highest BCUT2D eigenvalue weighted by Crippen LogP contribution is 2.41. The van der Waals surface area contributed by atoms with Gasteiger partial charge in [-0.15, -0.1) is 0 Å². The van der Waals surface area contributed by atoms with E-state index in [2.05, 4.69) is 16.9 Å². The third-order valence-corrected chi connectivity index (χ3v) is 6.74. The number of anilines is 1. The van der Waals surface area contributed by atoms with E-state index in [0.29, 0.717) is 16.9 Å². The zero-order valence-electron chi connectivity index (χ0n) is 16.6. The Morgan fingerprint density at radius 2 is 1.86 bits per heavy atom. The predicted octanol–water partition coefficient (Wildman–Crippen LogP) is 3.16. The van der Waals surface area contributed by atoms with Crippen LogP contribution in [-0.4, -0.2) is 43.1 Å². The summed E-state index contributed by atoms with van der Waals surface area (Å²) < 4.78 is 7.88. The molecule has 2 fully saturated rings. The summed E-state index contributed by atoms with van der Waals surface area (Å²) in [6.45, 7) is 2.37. The van der Waals surface area contributed by atoms with Crippen LogP contribution in [0.2, 0.25) is 0 Å². The van der Waals surface area contributed by atoms with E-state index in [9.17, 15) is 10.2 Å². The Bertz CT molecular complexity index is 800. The largest absolute Gasteiger partial charge is 0.388 e. The average Bonchev–Trinajstić information content (AvgIpc) is 3.20. The Labute approximate surface area is 165 Å². The quantitative estimate of drug-likeness (QED) is 0.743. The molecule has 1 aliphatic heterocycles. The maximum Gasteiger partial charge on any atom is 0.164 e. The van der Waals surface area contributed by atoms with Crippen molar-refractivity contribution < 1.29 is 14.9 Å². The third kappa shape index (κ3) is 3.75. The van der Waals surface area contributed by atoms with E-state index < -0.39 is 18.4 Å². The molecule has 154 valence electrons. The van der Waals surface area contributed by atoms with E-state index in [0.717, 1.165) is 18.2 Å². The van der Waals surface area contributed by atoms with E-state index in [1.54, 1.807) is 10.8 Å². The number of nitrogens with two attached hydrogens (primary N) is 1. The molecule has 1 aliphatic carbocycles. The molecule has 7 nitrogen and oxygen atoms in total. The highest BCUT2D eigenvalue weighted by Gasteiger charge is 2.44. The number of nitrogens with zero attached hydrogens (tertiary/aromatic N) is 3. The molecule has 0 aromatic carbocycles. The van der Waals surface area contributed by atoms with Crippen molar-refractivity contribution in [2.75, 3.05) is 5.73 Å². The van der Waals surface area contributed by atoms with Gasteiger partial charge in [0, 0.05) is 6.20 Å². The van der Waals surface area contributed by atoms with Crippen molar-refractivity contribution in [3.63, 3.8) is 0 Å². The van der Waals surface area contributed by atoms with Crippen LogP contribution in [0.3, 0.4) is 0 Å². The number of rotatable bonds is 4. The predicted molar refractivity (Wildman–Crippen MR) is 108 cm³/mol. The van der Waals surface area contributed by atoms with Crippen LogP contribution >= 0.6 is 0 Å². The Kier molecular flexibility index (Phi) is 5.58. The summed E-state index contributed by atoms with van der Waals surface area (Å²) >= 11 is 0. The molecular weight excluding hydrogens is 356 g/mol. The minimum Gasteiger partial charge on any atom is -0.388 e. The summed E-state index contributed by atoms with van der Waals surface area (Å²) in [5.74, 6) is 0.394. The van der Waals surface area contributed by atoms with Crippen LogP contribution < -0.4 is 5.73 Å². The molecule has 0 amide bonds. The maximum absolute atomic E-state index is 10.6. The second-order valence-electron chi connectivity index (χ2n) is 8.88. The van der Waals surface area contributed by atoms with Gasteiger partial charge in [-0.3, -0.25) is 0 Å². The van der Waals surface area contributed by atoms with Gasteiger partial charge in [0.05, 0.1) is 11.5 Å². The van der Waals surface area contributed by atoms with E-state index in [4.69, 9.17) is 10.5 Å². The lowest BCUT2D eigenvalue weighted by Gasteiger charge is -2.32. The first-order chi connectivity index (χ1) is 13.5. The Balaban J connectivity index is 1.46. The SMILES string of the molecule is CC1(CC[C@H]2O[C@@H](n3ccc4c(N)ncnc43)[C@H](O)[C@@H]2O)CCCCCCC1. The molecule has 7 heteroatoms. The van der Waals surface area contributed by atoms with Gasteiger partial charge in [-0.1, -0.05) is 39.0 Å². The number of hydrogen-bond donors (Lipinski definition) is 3. The van der Waals surface area contributed by atoms with Crippen molar-refractivity contribution in [3.05, 3.63) is 18.6 Å². The third-order valence-electron chi connectivity index (χ3n) is 6.74. The molecule has 0 bridgehead atoms. The van der Waals surface area contributed by atoms with Crippen molar-refractivity contribution in [3.8, 4) is 0 Å². The molecule has 3 heterocycles. The average molecular weight is 389 g/mol. The first kappa shape index (κ1) is 19.6. The fourth-order valence-electron chi connectivity index (χ4n) is 4.89. The maximum atomic E-state index is 10.6. The second kappa shape index (κ2) is 7.97. The lowest BCUT2D eigenvalue weighted by atomic mass is 9.74. The van der Waals surface area contributed by atoms with E-state index in [1.807, 2.05) is 6.07 Å². The van der Waals surface area contributed by atoms with Crippen LogP contribution in [0, 0.1) is 5.41 Å². The van der Waals surface area contributed by atoms with Crippen LogP contribution in [0.5, 0.6) is 0 Å². The molecule has 4 atom stereocenters. The number of ether oxygens (including phenoxy) is 1. The zero-order valence-corrected chi connectivity index (χ0v) is 16.6. The molecule has 0 spiro atoms. The number of fused-ring (bicyclic) bond motifs is 1. The molecule has 0 unspecified atom stereocenters. The summed E-state index contributed by atoms with van der Waals surface area (Å²) in [5.41, 5.74) is 6.82. The van der Waals surface area contributed by atoms with Crippen LogP contribution in [0.15, 0.2) is 18.6 Å². The van der Waals surface area contributed by atoms with Crippen molar-refractivity contribution in [1.29, 1.82) is 0 Å². The van der Waals surface area contributed by atoms with E-state index in [-0.39, 0.29) is 6.10 Å². The Hall–Kier alpha value is -1.70. The van der Waals surface area contributed by atoms with Gasteiger partial charge in [-0.05, 0) is 37.2 Å². The molecule has 2 aromatic heterocycles. The van der Waals surface area contributed by atoms with E-state index in [1.165, 1.54) is 51.3 Å². The van der Waals surface area contributed by atoms with Crippen LogP contribution in [0.25, 0.3) is 11.0 Å². The number of aromatic nitrogens is 3. The lowest BCUT2D eigenvalue weighted by Crippen LogP contribution is -2.32. The number of nitrogen functional groups attached to an aromatic ring is 1. The number of aliphatic hydroxyl groups excluding tert-OH is 2. The van der Waals surface area contributed by atoms with Crippen LogP contribution in [-0.2, 0) is 4.74 Å². The zero-order chi connectivity index (χ0) is 19.7. The smallest absolute Gasteiger partial charge is 0.164 e. The van der Waals surface area contributed by atoms with Crippen molar-refractivity contribution >= 4 is 16.9 Å². The number of hydrogen-bond acceptors (Lipinski definition) is 6. The lowest BCUT2D eigenvalue weighted by molar-refractivity contribution is -0.0403. The fourth-order valence-corrected chi connectivity index (χ4v) is 4.89. The van der Waals surface area contributed by atoms with Crippen LogP contribution in [0.1, 0.15) is 70.9 Å². The highest BCUT2D eigenvalue weighted by molar-refractivity contribution is 5.86. The second-order valence-corrected chi connectivity index (χ2v) is 8.88. The molecule has 1 saturated carbocycles. The summed E-state index contributed by atoms with van der Waals surface area (Å²) in [6.07, 6.45) is 11.0. The number of aliphatic hydroxyl groups is 2. The highest BCUT2D eigenvalue weighted by atomic mass is 16.6. The van der Waals surface area contributed by atoms with E-state index >= 15 is 0 Å². The van der Waals surface area contributed by atoms with Crippen molar-refractivity contribution in [2.24, 2.45) is 5.41 Å². The summed E-state index contributed by atoms with van der Waals surface area (Å²) in [6, 6.07) is 1.82. The molecule has 4 N–H and O–H groups in total. The van der Waals surface area contributed by atoms with Gasteiger partial charge in [0.2, 0.25) is 0 Å². The van der Waals surface area contributed by atoms with Gasteiger partial charge in [0.15, 0.2) is 6.23 Å². The molecule has 0 radical (unpaired) electrons. The minimum atomic E-state index is -0.998. The van der Waals surface area contributed by atoms with Crippen molar-refractivity contribution in [2.45, 2.75) is 89.3 Å². The van der Waals surface area contributed by atoms with Gasteiger partial charge in [-0.2, -0.15) is 0 Å². The van der Waals surface area contributed by atoms with Gasteiger partial charge in [0.1, 0.15) is 30.0 Å². The monoisotopic (exact) mass is 388 g/mol. The standard InChI is InChI=1S/C21H32N4O3/c1-21(9-5-3-2-4-6-10-21)11-7-15-16(26)17(27)20(28-15)25-12-8-14-18(22)23-13-24-19(14)25/h8,12-13,15-17,20,26-27H,2-7,9-11H2,1H3,(H2,22,23,24)/t15-,16-,17-,20-/m1/s1.